The molecule has 0 aromatic carbocycles. The van der Waals surface area contributed by atoms with E-state index in [2.05, 4.69) is 15.3 Å². The topological polar surface area (TPSA) is 155 Å². The number of aliphatic hydroxyl groups excluding tert-OH is 1. The van der Waals surface area contributed by atoms with Crippen molar-refractivity contribution in [2.45, 2.75) is 30.0 Å². The average molecular weight is 405 g/mol. The summed E-state index contributed by atoms with van der Waals surface area (Å²) in [5, 5.41) is 13.9. The van der Waals surface area contributed by atoms with Crippen LogP contribution < -0.4 is 21.5 Å². The predicted molar refractivity (Wildman–Crippen MR) is 101 cm³/mol. The molecule has 14 heteroatoms. The van der Waals surface area contributed by atoms with Crippen molar-refractivity contribution in [3.63, 3.8) is 0 Å². The van der Waals surface area contributed by atoms with Crippen LogP contribution in [-0.2, 0) is 13.8 Å². The molecule has 2 saturated heterocycles. The van der Waals surface area contributed by atoms with Gasteiger partial charge in [0.2, 0.25) is 0 Å². The standard InChI is InChI=1S/C12H21BN5O6PS/c13-25(21)22-3-5-8(24-25)7(19)11(23-5)18-9-6(10(20)16-4-15-9)17-12(18)26-2-1-14/h4-5,7-8,11-12,17,19,21,25H,1-3,13-14H2,(H,15,16,20)/t5?,7?,8-,11?,12?/m1/s1. The molecule has 4 rings (SSSR count). The van der Waals surface area contributed by atoms with Crippen LogP contribution in [0.4, 0.5) is 11.5 Å². The van der Waals surface area contributed by atoms with Crippen LogP contribution in [0.1, 0.15) is 0 Å². The number of thioether (sulfide) groups is 1. The summed E-state index contributed by atoms with van der Waals surface area (Å²) in [5.74, 6) is 1.02. The van der Waals surface area contributed by atoms with E-state index in [0.29, 0.717) is 23.8 Å². The van der Waals surface area contributed by atoms with E-state index in [1.807, 2.05) is 0 Å². The summed E-state index contributed by atoms with van der Waals surface area (Å²) in [7, 11) is -1.78. The van der Waals surface area contributed by atoms with Crippen molar-refractivity contribution < 1.29 is 23.8 Å². The van der Waals surface area contributed by atoms with Gasteiger partial charge in [-0.25, -0.2) is 0 Å². The van der Waals surface area contributed by atoms with E-state index >= 15 is 0 Å². The molecule has 1 aromatic rings. The molecule has 3 aliphatic heterocycles. The van der Waals surface area contributed by atoms with Crippen LogP contribution in [0.25, 0.3) is 0 Å². The fraction of sp³-hybridized carbons (Fsp3) is 0.667. The molecule has 4 unspecified atom stereocenters. The monoisotopic (exact) mass is 405 g/mol. The molecule has 0 saturated carbocycles. The van der Waals surface area contributed by atoms with Gasteiger partial charge in [-0.05, 0) is 0 Å². The molecule has 0 amide bonds. The van der Waals surface area contributed by atoms with E-state index in [1.54, 1.807) is 4.90 Å². The number of fused-ring (bicyclic) bond motifs is 2. The number of ether oxygens (including phenoxy) is 1. The van der Waals surface area contributed by atoms with Crippen molar-refractivity contribution >= 4 is 38.7 Å². The fourth-order valence-corrected chi connectivity index (χ4v) is 5.61. The number of aliphatic hydroxyl groups is 1. The van der Waals surface area contributed by atoms with E-state index in [1.165, 1.54) is 25.7 Å². The first kappa shape index (κ1) is 18.4. The Bertz CT molecular complexity index is 742. The van der Waals surface area contributed by atoms with Crippen molar-refractivity contribution in [3.8, 4) is 0 Å². The van der Waals surface area contributed by atoms with Crippen molar-refractivity contribution in [1.29, 1.82) is 0 Å². The number of hydrogen-bond donors (Lipinski definition) is 5. The third kappa shape index (κ3) is 3.12. The van der Waals surface area contributed by atoms with Crippen LogP contribution in [0, 0.1) is 0 Å². The molecule has 0 spiro atoms. The summed E-state index contributed by atoms with van der Waals surface area (Å²) >= 11 is 1.47. The fourth-order valence-electron chi connectivity index (χ4n) is 3.33. The Labute approximate surface area is 154 Å². The van der Waals surface area contributed by atoms with Crippen molar-refractivity contribution in [1.82, 2.24) is 9.97 Å². The molecule has 11 nitrogen and oxygen atoms in total. The van der Waals surface area contributed by atoms with Crippen molar-refractivity contribution in [2.75, 3.05) is 29.1 Å². The zero-order valence-electron chi connectivity index (χ0n) is 14.0. The minimum absolute atomic E-state index is 0.134. The Hall–Kier alpha value is -0.915. The molecule has 0 bridgehead atoms. The van der Waals surface area contributed by atoms with Crippen LogP contribution in [0.15, 0.2) is 11.1 Å². The number of hydrogen-bond acceptors (Lipinski definition) is 11. The molecule has 4 heterocycles. The third-order valence-electron chi connectivity index (χ3n) is 4.45. The second kappa shape index (κ2) is 6.91. The Kier molecular flexibility index (Phi) is 4.91. The van der Waals surface area contributed by atoms with Gasteiger partial charge in [-0.1, -0.05) is 0 Å². The number of nitrogens with zero attached hydrogens (tertiary/aromatic N) is 2. The first-order valence-electron chi connectivity index (χ1n) is 8.23. The van der Waals surface area contributed by atoms with E-state index < -0.39 is 32.4 Å². The molecule has 5 atom stereocenters. The Balaban J connectivity index is 1.64. The van der Waals surface area contributed by atoms with Crippen LogP contribution in [0.5, 0.6) is 0 Å². The first-order valence-corrected chi connectivity index (χ1v) is 11.5. The van der Waals surface area contributed by atoms with Crippen LogP contribution in [0.3, 0.4) is 0 Å². The van der Waals surface area contributed by atoms with Gasteiger partial charge in [-0.2, -0.15) is 0 Å². The molecule has 144 valence electrons. The summed E-state index contributed by atoms with van der Waals surface area (Å²) < 4.78 is 16.9. The predicted octanol–water partition coefficient (Wildman–Crippen LogP) is -2.49. The first-order chi connectivity index (χ1) is 12.4. The Morgan fingerprint density at radius 2 is 2.38 bits per heavy atom. The normalized spacial score (nSPS) is 36.3. The van der Waals surface area contributed by atoms with Gasteiger partial charge in [-0.3, -0.25) is 0 Å². The molecule has 3 aliphatic rings. The van der Waals surface area contributed by atoms with Gasteiger partial charge >= 0.3 is 154 Å². The summed E-state index contributed by atoms with van der Waals surface area (Å²) in [6.07, 6.45) is -1.78. The Morgan fingerprint density at radius 3 is 3.15 bits per heavy atom. The van der Waals surface area contributed by atoms with E-state index in [0.717, 1.165) is 0 Å². The van der Waals surface area contributed by atoms with Crippen LogP contribution in [-0.4, -0.2) is 76.5 Å². The maximum absolute atomic E-state index is 12.1. The van der Waals surface area contributed by atoms with Gasteiger partial charge in [0.1, 0.15) is 0 Å². The second-order valence-corrected chi connectivity index (χ2v) is 9.85. The summed E-state index contributed by atoms with van der Waals surface area (Å²) in [4.78, 5) is 30.7. The molecule has 1 aromatic heterocycles. The number of H-pyrrole nitrogens is 1. The Morgan fingerprint density at radius 1 is 1.58 bits per heavy atom. The van der Waals surface area contributed by atoms with Gasteiger partial charge in [0.15, 0.2) is 0 Å². The number of nitrogens with one attached hydrogen (secondary N) is 2. The number of aromatic nitrogens is 2. The van der Waals surface area contributed by atoms with Gasteiger partial charge in [0.25, 0.3) is 0 Å². The van der Waals surface area contributed by atoms with Crippen LogP contribution in [0.2, 0.25) is 0 Å². The van der Waals surface area contributed by atoms with E-state index in [9.17, 15) is 14.8 Å². The van der Waals surface area contributed by atoms with E-state index in [-0.39, 0.29) is 17.7 Å². The van der Waals surface area contributed by atoms with E-state index in [4.69, 9.17) is 19.5 Å². The molecular weight excluding hydrogens is 384 g/mol. The average Bonchev–Trinajstić information content (AvgIpc) is 3.11. The van der Waals surface area contributed by atoms with Gasteiger partial charge in [0.05, 0.1) is 0 Å². The van der Waals surface area contributed by atoms with Gasteiger partial charge < -0.3 is 0 Å². The molecule has 0 radical (unpaired) electrons. The molecular formula is C12H21BN5O6PS. The molecule has 2 fully saturated rings. The second-order valence-electron chi connectivity index (χ2n) is 6.34. The summed E-state index contributed by atoms with van der Waals surface area (Å²) in [5.41, 5.74) is 5.22. The summed E-state index contributed by atoms with van der Waals surface area (Å²) in [6, 6.07) is 0. The molecule has 0 aliphatic carbocycles. The van der Waals surface area contributed by atoms with Gasteiger partial charge in [-0.15, -0.1) is 0 Å². The van der Waals surface area contributed by atoms with Crippen molar-refractivity contribution in [2.24, 2.45) is 5.73 Å². The molecule has 6 N–H and O–H groups in total. The zero-order valence-corrected chi connectivity index (χ0v) is 15.8. The maximum atomic E-state index is 12.1. The SMILES string of the molecule is B[PH]1(O)OCC2OC(N3c4nc[nH]c(=O)c4NC3SCCN)C(O)[C@@H]2O1. The molecule has 26 heavy (non-hydrogen) atoms. The zero-order chi connectivity index (χ0) is 18.5. The van der Waals surface area contributed by atoms with Gasteiger partial charge in [0, 0.05) is 0 Å². The van der Waals surface area contributed by atoms with Crippen LogP contribution >= 0.6 is 19.6 Å². The number of nitrogens with two attached hydrogens (primary N) is 1. The number of anilines is 2. The summed E-state index contributed by atoms with van der Waals surface area (Å²) in [6.45, 7) is 0.594. The number of aromatic amines is 1. The minimum atomic E-state index is -3.27. The quantitative estimate of drug-likeness (QED) is 0.267. The number of rotatable bonds is 4. The van der Waals surface area contributed by atoms with Crippen molar-refractivity contribution in [3.05, 3.63) is 16.7 Å². The third-order valence-corrected chi connectivity index (χ3v) is 6.99.